The Morgan fingerprint density at radius 2 is 1.48 bits per heavy atom. The van der Waals surface area contributed by atoms with Gasteiger partial charge in [0.2, 0.25) is 0 Å². The molecule has 0 amide bonds. The van der Waals surface area contributed by atoms with Crippen LogP contribution in [0, 0.1) is 0 Å². The number of rotatable bonds is 9. The summed E-state index contributed by atoms with van der Waals surface area (Å²) in [6.07, 6.45) is 2.83. The Hall–Kier alpha value is -2.65. The van der Waals surface area contributed by atoms with Gasteiger partial charge in [0, 0.05) is 17.9 Å². The number of anilines is 1. The summed E-state index contributed by atoms with van der Waals surface area (Å²) in [4.78, 5) is 0. The molecule has 0 aliphatic carbocycles. The lowest BCUT2D eigenvalue weighted by molar-refractivity contribution is 0.909. The minimum Gasteiger partial charge on any atom is -0.381 e. The van der Waals surface area contributed by atoms with E-state index in [0.717, 1.165) is 37.2 Å². The van der Waals surface area contributed by atoms with Crippen LogP contribution in [-0.2, 0) is 19.4 Å². The van der Waals surface area contributed by atoms with Crippen molar-refractivity contribution in [2.45, 2.75) is 25.8 Å². The second kappa shape index (κ2) is 9.89. The van der Waals surface area contributed by atoms with E-state index in [1.807, 2.05) is 0 Å². The third kappa shape index (κ3) is 6.22. The van der Waals surface area contributed by atoms with Crippen molar-refractivity contribution in [3.05, 3.63) is 113 Å². The van der Waals surface area contributed by atoms with Gasteiger partial charge >= 0.3 is 0 Å². The van der Waals surface area contributed by atoms with Gasteiger partial charge in [-0.25, -0.2) is 0 Å². The van der Waals surface area contributed by atoms with E-state index in [1.165, 1.54) is 22.3 Å². The molecular formula is C24H26N2S. The Morgan fingerprint density at radius 1 is 0.778 bits per heavy atom. The van der Waals surface area contributed by atoms with Gasteiger partial charge < -0.3 is 10.0 Å². The standard InChI is InChI=1S/C24H26N2S/c1-19(26-27)10-11-20-12-14-24(15-13-20)25-18-23-9-5-8-22(17-23)16-21-6-3-2-4-7-21/h2-9,12-15,17,25-27H,1,10-11,16,18H2. The van der Waals surface area contributed by atoms with Gasteiger partial charge in [0.05, 0.1) is 0 Å². The molecule has 0 spiro atoms. The van der Waals surface area contributed by atoms with Crippen molar-refractivity contribution in [1.29, 1.82) is 0 Å². The summed E-state index contributed by atoms with van der Waals surface area (Å²) >= 11 is 4.02. The van der Waals surface area contributed by atoms with Gasteiger partial charge in [-0.2, -0.15) is 0 Å². The smallest absolute Gasteiger partial charge is 0.0400 e. The largest absolute Gasteiger partial charge is 0.381 e. The van der Waals surface area contributed by atoms with Gasteiger partial charge in [0.25, 0.3) is 0 Å². The third-order valence-electron chi connectivity index (χ3n) is 4.57. The van der Waals surface area contributed by atoms with Gasteiger partial charge in [-0.1, -0.05) is 86.1 Å². The van der Waals surface area contributed by atoms with E-state index in [0.29, 0.717) is 0 Å². The zero-order chi connectivity index (χ0) is 18.9. The molecule has 2 N–H and O–H groups in total. The SMILES string of the molecule is C=C(CCc1ccc(NCc2cccc(Cc3ccccc3)c2)cc1)NS. The first kappa shape index (κ1) is 19.1. The summed E-state index contributed by atoms with van der Waals surface area (Å²) in [5.74, 6) is 0. The molecule has 0 bridgehead atoms. The summed E-state index contributed by atoms with van der Waals surface area (Å²) in [5, 5.41) is 3.51. The molecule has 0 aromatic heterocycles. The number of thiol groups is 1. The molecule has 3 aromatic carbocycles. The summed E-state index contributed by atoms with van der Waals surface area (Å²) in [7, 11) is 0. The molecule has 0 fully saturated rings. The van der Waals surface area contributed by atoms with Crippen molar-refractivity contribution in [1.82, 2.24) is 4.72 Å². The van der Waals surface area contributed by atoms with E-state index in [-0.39, 0.29) is 0 Å². The third-order valence-corrected chi connectivity index (χ3v) is 4.88. The van der Waals surface area contributed by atoms with E-state index in [9.17, 15) is 0 Å². The fourth-order valence-electron chi connectivity index (χ4n) is 3.03. The molecule has 2 nitrogen and oxygen atoms in total. The molecule has 27 heavy (non-hydrogen) atoms. The van der Waals surface area contributed by atoms with Crippen molar-refractivity contribution < 1.29 is 0 Å². The van der Waals surface area contributed by atoms with Crippen LogP contribution >= 0.6 is 12.8 Å². The molecule has 3 aromatic rings. The normalized spacial score (nSPS) is 10.4. The lowest BCUT2D eigenvalue weighted by atomic mass is 10.0. The van der Waals surface area contributed by atoms with Crippen LogP contribution in [0.2, 0.25) is 0 Å². The number of nitrogens with one attached hydrogen (secondary N) is 2. The maximum Gasteiger partial charge on any atom is 0.0400 e. The molecular weight excluding hydrogens is 348 g/mol. The van der Waals surface area contributed by atoms with Gasteiger partial charge in [-0.15, -0.1) is 0 Å². The quantitative estimate of drug-likeness (QED) is 0.414. The lowest BCUT2D eigenvalue weighted by Gasteiger charge is -2.10. The van der Waals surface area contributed by atoms with E-state index >= 15 is 0 Å². The maximum absolute atomic E-state index is 4.02. The van der Waals surface area contributed by atoms with E-state index in [2.05, 4.69) is 108 Å². The second-order valence-corrected chi connectivity index (χ2v) is 6.97. The van der Waals surface area contributed by atoms with E-state index in [1.54, 1.807) is 0 Å². The van der Waals surface area contributed by atoms with Crippen molar-refractivity contribution >= 4 is 18.5 Å². The van der Waals surface area contributed by atoms with Crippen LogP contribution in [0.25, 0.3) is 0 Å². The van der Waals surface area contributed by atoms with E-state index in [4.69, 9.17) is 0 Å². The van der Waals surface area contributed by atoms with Crippen molar-refractivity contribution in [2.75, 3.05) is 5.32 Å². The number of benzene rings is 3. The molecule has 0 unspecified atom stereocenters. The molecule has 3 heteroatoms. The molecule has 3 rings (SSSR count). The molecule has 0 saturated heterocycles. The van der Waals surface area contributed by atoms with Crippen LogP contribution in [-0.4, -0.2) is 0 Å². The van der Waals surface area contributed by atoms with Gasteiger partial charge in [-0.3, -0.25) is 0 Å². The first-order valence-corrected chi connectivity index (χ1v) is 9.70. The number of hydrogen-bond acceptors (Lipinski definition) is 3. The molecule has 0 atom stereocenters. The number of aryl methyl sites for hydroxylation is 1. The predicted molar refractivity (Wildman–Crippen MR) is 119 cm³/mol. The molecule has 138 valence electrons. The van der Waals surface area contributed by atoms with Crippen LogP contribution in [0.3, 0.4) is 0 Å². The average Bonchev–Trinajstić information content (AvgIpc) is 2.72. The Bertz CT molecular complexity index is 857. The molecule has 0 heterocycles. The number of allylic oxidation sites excluding steroid dienone is 1. The second-order valence-electron chi connectivity index (χ2n) is 6.75. The first-order chi connectivity index (χ1) is 13.2. The lowest BCUT2D eigenvalue weighted by Crippen LogP contribution is -2.01. The highest BCUT2D eigenvalue weighted by Gasteiger charge is 2.00. The van der Waals surface area contributed by atoms with Crippen LogP contribution in [0.1, 0.15) is 28.7 Å². The zero-order valence-corrected chi connectivity index (χ0v) is 16.4. The summed E-state index contributed by atoms with van der Waals surface area (Å²) in [6.45, 7) is 4.72. The van der Waals surface area contributed by atoms with Crippen LogP contribution in [0.4, 0.5) is 5.69 Å². The Morgan fingerprint density at radius 3 is 2.22 bits per heavy atom. The monoisotopic (exact) mass is 374 g/mol. The molecule has 0 saturated carbocycles. The first-order valence-electron chi connectivity index (χ1n) is 9.25. The highest BCUT2D eigenvalue weighted by atomic mass is 32.1. The topological polar surface area (TPSA) is 24.1 Å². The summed E-state index contributed by atoms with van der Waals surface area (Å²) in [6, 6.07) is 28.0. The molecule has 0 radical (unpaired) electrons. The Kier molecular flexibility index (Phi) is 7.00. The minimum absolute atomic E-state index is 0.822. The summed E-state index contributed by atoms with van der Waals surface area (Å²) < 4.78 is 2.79. The highest BCUT2D eigenvalue weighted by Crippen LogP contribution is 2.15. The van der Waals surface area contributed by atoms with Gasteiger partial charge in [0.15, 0.2) is 0 Å². The Labute approximate surface area is 167 Å². The van der Waals surface area contributed by atoms with E-state index < -0.39 is 0 Å². The van der Waals surface area contributed by atoms with Gasteiger partial charge in [-0.05, 0) is 53.6 Å². The van der Waals surface area contributed by atoms with Crippen LogP contribution < -0.4 is 10.0 Å². The zero-order valence-electron chi connectivity index (χ0n) is 15.5. The minimum atomic E-state index is 0.822. The average molecular weight is 375 g/mol. The Balaban J connectivity index is 1.54. The van der Waals surface area contributed by atoms with Crippen molar-refractivity contribution in [3.8, 4) is 0 Å². The molecule has 0 aliphatic heterocycles. The molecule has 0 aliphatic rings. The van der Waals surface area contributed by atoms with Crippen molar-refractivity contribution in [2.24, 2.45) is 0 Å². The predicted octanol–water partition coefficient (Wildman–Crippen LogP) is 5.77. The van der Waals surface area contributed by atoms with Gasteiger partial charge in [0.1, 0.15) is 0 Å². The highest BCUT2D eigenvalue weighted by molar-refractivity contribution is 7.78. The fraction of sp³-hybridized carbons (Fsp3) is 0.167. The number of hydrogen-bond donors (Lipinski definition) is 3. The van der Waals surface area contributed by atoms with Crippen LogP contribution in [0.15, 0.2) is 91.1 Å². The van der Waals surface area contributed by atoms with Crippen LogP contribution in [0.5, 0.6) is 0 Å². The van der Waals surface area contributed by atoms with Crippen molar-refractivity contribution in [3.63, 3.8) is 0 Å². The maximum atomic E-state index is 4.02. The fourth-order valence-corrected chi connectivity index (χ4v) is 3.14. The summed E-state index contributed by atoms with van der Waals surface area (Å²) in [5.41, 5.74) is 7.36.